The summed E-state index contributed by atoms with van der Waals surface area (Å²) in [5.74, 6) is -4.13. The maximum atomic E-state index is 14.7. The van der Waals surface area contributed by atoms with Gasteiger partial charge in [0, 0.05) is 11.1 Å². The second kappa shape index (κ2) is 8.00. The zero-order chi connectivity index (χ0) is 22.0. The van der Waals surface area contributed by atoms with E-state index >= 15 is 0 Å². The van der Waals surface area contributed by atoms with E-state index in [2.05, 4.69) is 0 Å². The van der Waals surface area contributed by atoms with Gasteiger partial charge in [0.1, 0.15) is 5.75 Å². The molecule has 0 radical (unpaired) electrons. The number of ether oxygens (including phenoxy) is 2. The van der Waals surface area contributed by atoms with Crippen LogP contribution in [0.25, 0.3) is 0 Å². The smallest absolute Gasteiger partial charge is 0.416 e. The van der Waals surface area contributed by atoms with Crippen molar-refractivity contribution in [3.8, 4) is 5.75 Å². The van der Waals surface area contributed by atoms with E-state index in [4.69, 9.17) is 9.47 Å². The van der Waals surface area contributed by atoms with Crippen LogP contribution in [0.2, 0.25) is 0 Å². The second-order valence-electron chi connectivity index (χ2n) is 7.24. The van der Waals surface area contributed by atoms with Crippen LogP contribution >= 0.6 is 0 Å². The van der Waals surface area contributed by atoms with Gasteiger partial charge in [-0.1, -0.05) is 12.1 Å². The molecule has 2 aromatic carbocycles. The average molecular weight is 416 g/mol. The number of alkyl halides is 5. The summed E-state index contributed by atoms with van der Waals surface area (Å²) < 4.78 is 78.5. The molecule has 8 heteroatoms. The molecule has 0 atom stereocenters. The summed E-state index contributed by atoms with van der Waals surface area (Å²) in [5, 5.41) is 0. The SMILES string of the molecule is CC(C)OC(=O)C(C)(C)Oc1ccc(C(F)(F)c2cccc(C(F)(F)F)c2)cc1. The first kappa shape index (κ1) is 22.6. The molecule has 0 aliphatic rings. The first-order valence-corrected chi connectivity index (χ1v) is 8.79. The Hall–Kier alpha value is -2.64. The fourth-order valence-electron chi connectivity index (χ4n) is 2.48. The predicted molar refractivity (Wildman–Crippen MR) is 96.8 cm³/mol. The Morgan fingerprint density at radius 2 is 1.41 bits per heavy atom. The summed E-state index contributed by atoms with van der Waals surface area (Å²) in [6.07, 6.45) is -5.07. The highest BCUT2D eigenvalue weighted by Gasteiger charge is 2.38. The molecule has 0 saturated carbocycles. The number of esters is 1. The van der Waals surface area contributed by atoms with E-state index in [0.717, 1.165) is 30.3 Å². The lowest BCUT2D eigenvalue weighted by molar-refractivity contribution is -0.163. The molecular weight excluding hydrogens is 395 g/mol. The molecule has 2 aromatic rings. The molecule has 0 fully saturated rings. The summed E-state index contributed by atoms with van der Waals surface area (Å²) >= 11 is 0. The topological polar surface area (TPSA) is 35.5 Å². The van der Waals surface area contributed by atoms with Crippen LogP contribution in [-0.2, 0) is 21.6 Å². The van der Waals surface area contributed by atoms with E-state index in [1.165, 1.54) is 26.0 Å². The molecule has 0 amide bonds. The predicted octanol–water partition coefficient (Wildman–Crippen LogP) is 5.95. The largest absolute Gasteiger partial charge is 0.476 e. The van der Waals surface area contributed by atoms with Crippen LogP contribution in [0.4, 0.5) is 22.0 Å². The van der Waals surface area contributed by atoms with Crippen LogP contribution < -0.4 is 4.74 Å². The van der Waals surface area contributed by atoms with Crippen molar-refractivity contribution >= 4 is 5.97 Å². The number of carbonyl (C=O) groups is 1. The number of rotatable bonds is 6. The van der Waals surface area contributed by atoms with Crippen LogP contribution in [0.5, 0.6) is 5.75 Å². The van der Waals surface area contributed by atoms with E-state index in [1.54, 1.807) is 13.8 Å². The number of hydrogen-bond acceptors (Lipinski definition) is 3. The molecule has 0 aliphatic carbocycles. The van der Waals surface area contributed by atoms with Crippen molar-refractivity contribution in [2.45, 2.75) is 51.5 Å². The van der Waals surface area contributed by atoms with Gasteiger partial charge in [0.15, 0.2) is 5.60 Å². The quantitative estimate of drug-likeness (QED) is 0.431. The zero-order valence-electron chi connectivity index (χ0n) is 16.3. The molecular formula is C21H21F5O3. The molecule has 0 unspecified atom stereocenters. The Balaban J connectivity index is 2.24. The van der Waals surface area contributed by atoms with Crippen LogP contribution in [0.1, 0.15) is 44.4 Å². The molecule has 3 nitrogen and oxygen atoms in total. The van der Waals surface area contributed by atoms with Crippen molar-refractivity contribution in [1.82, 2.24) is 0 Å². The summed E-state index contributed by atoms with van der Waals surface area (Å²) in [6, 6.07) is 7.56. The van der Waals surface area contributed by atoms with E-state index in [0.29, 0.717) is 6.07 Å². The van der Waals surface area contributed by atoms with Crippen LogP contribution in [0, 0.1) is 0 Å². The Kier molecular flexibility index (Phi) is 6.25. The van der Waals surface area contributed by atoms with Crippen molar-refractivity contribution in [3.63, 3.8) is 0 Å². The first-order chi connectivity index (χ1) is 13.2. The number of carbonyl (C=O) groups excluding carboxylic acids is 1. The van der Waals surface area contributed by atoms with Crippen molar-refractivity contribution in [1.29, 1.82) is 0 Å². The van der Waals surface area contributed by atoms with Crippen LogP contribution in [-0.4, -0.2) is 17.7 Å². The van der Waals surface area contributed by atoms with E-state index in [1.807, 2.05) is 0 Å². The van der Waals surface area contributed by atoms with Crippen LogP contribution in [0.3, 0.4) is 0 Å². The summed E-state index contributed by atoms with van der Waals surface area (Å²) in [6.45, 7) is 6.31. The highest BCUT2D eigenvalue weighted by molar-refractivity contribution is 5.79. The maximum absolute atomic E-state index is 14.7. The highest BCUT2D eigenvalue weighted by Crippen LogP contribution is 2.39. The molecule has 2 rings (SSSR count). The van der Waals surface area contributed by atoms with Crippen molar-refractivity contribution < 1.29 is 36.2 Å². The lowest BCUT2D eigenvalue weighted by atomic mass is 9.98. The van der Waals surface area contributed by atoms with Gasteiger partial charge in [-0.05, 0) is 64.1 Å². The van der Waals surface area contributed by atoms with Crippen molar-refractivity contribution in [2.24, 2.45) is 0 Å². The number of halogens is 5. The normalized spacial score (nSPS) is 12.8. The summed E-state index contributed by atoms with van der Waals surface area (Å²) in [5.41, 5.74) is -3.79. The molecule has 0 heterocycles. The average Bonchev–Trinajstić information content (AvgIpc) is 2.60. The minimum atomic E-state index is -4.72. The summed E-state index contributed by atoms with van der Waals surface area (Å²) in [4.78, 5) is 12.0. The molecule has 0 aromatic heterocycles. The van der Waals surface area contributed by atoms with Gasteiger partial charge in [0.05, 0.1) is 11.7 Å². The Morgan fingerprint density at radius 1 is 0.862 bits per heavy atom. The number of benzene rings is 2. The Morgan fingerprint density at radius 3 is 1.93 bits per heavy atom. The molecule has 0 N–H and O–H groups in total. The second-order valence-corrected chi connectivity index (χ2v) is 7.24. The minimum Gasteiger partial charge on any atom is -0.476 e. The van der Waals surface area contributed by atoms with Crippen molar-refractivity contribution in [2.75, 3.05) is 0 Å². The van der Waals surface area contributed by atoms with Gasteiger partial charge in [-0.25, -0.2) is 4.79 Å². The lowest BCUT2D eigenvalue weighted by Gasteiger charge is -2.26. The third kappa shape index (κ3) is 5.46. The van der Waals surface area contributed by atoms with Crippen LogP contribution in [0.15, 0.2) is 48.5 Å². The van der Waals surface area contributed by atoms with Gasteiger partial charge in [-0.15, -0.1) is 0 Å². The third-order valence-electron chi connectivity index (χ3n) is 3.98. The van der Waals surface area contributed by atoms with Gasteiger partial charge in [-0.2, -0.15) is 22.0 Å². The monoisotopic (exact) mass is 416 g/mol. The highest BCUT2D eigenvalue weighted by atomic mass is 19.4. The molecule has 0 spiro atoms. The minimum absolute atomic E-state index is 0.138. The molecule has 158 valence electrons. The van der Waals surface area contributed by atoms with Gasteiger partial charge in [-0.3, -0.25) is 0 Å². The fourth-order valence-corrected chi connectivity index (χ4v) is 2.48. The van der Waals surface area contributed by atoms with Gasteiger partial charge < -0.3 is 9.47 Å². The number of hydrogen-bond donors (Lipinski definition) is 0. The van der Waals surface area contributed by atoms with E-state index in [-0.39, 0.29) is 11.9 Å². The van der Waals surface area contributed by atoms with Gasteiger partial charge in [0.2, 0.25) is 0 Å². The molecule has 0 aliphatic heterocycles. The lowest BCUT2D eigenvalue weighted by Crippen LogP contribution is -2.40. The fraction of sp³-hybridized carbons (Fsp3) is 0.381. The molecule has 0 saturated heterocycles. The molecule has 0 bridgehead atoms. The maximum Gasteiger partial charge on any atom is 0.416 e. The summed E-state index contributed by atoms with van der Waals surface area (Å²) in [7, 11) is 0. The van der Waals surface area contributed by atoms with Gasteiger partial charge in [0.25, 0.3) is 5.92 Å². The third-order valence-corrected chi connectivity index (χ3v) is 3.98. The van der Waals surface area contributed by atoms with E-state index < -0.39 is 40.4 Å². The van der Waals surface area contributed by atoms with E-state index in [9.17, 15) is 26.7 Å². The van der Waals surface area contributed by atoms with Gasteiger partial charge >= 0.3 is 12.1 Å². The Bertz CT molecular complexity index is 855. The standard InChI is InChI=1S/C21H21F5O3/c1-13(2)28-18(27)19(3,4)29-17-10-8-14(9-11-17)20(22,23)15-6-5-7-16(12-15)21(24,25)26/h5-13H,1-4H3. The Labute approximate surface area is 165 Å². The van der Waals surface area contributed by atoms with Crippen molar-refractivity contribution in [3.05, 3.63) is 65.2 Å². The molecule has 29 heavy (non-hydrogen) atoms. The first-order valence-electron chi connectivity index (χ1n) is 8.79. The zero-order valence-corrected chi connectivity index (χ0v) is 16.3.